The van der Waals surface area contributed by atoms with Crippen LogP contribution in [0.3, 0.4) is 0 Å². The molecule has 0 heterocycles. The molecule has 0 N–H and O–H groups in total. The average molecular weight is 268 g/mol. The van der Waals surface area contributed by atoms with Crippen molar-refractivity contribution in [2.75, 3.05) is 18.7 Å². The summed E-state index contributed by atoms with van der Waals surface area (Å²) in [7, 11) is 1.56. The van der Waals surface area contributed by atoms with Crippen molar-refractivity contribution in [1.29, 1.82) is 0 Å². The first-order chi connectivity index (χ1) is 8.52. The summed E-state index contributed by atoms with van der Waals surface area (Å²) in [5.74, 6) is -0.0764. The van der Waals surface area contributed by atoms with Crippen LogP contribution in [0.25, 0.3) is 0 Å². The van der Waals surface area contributed by atoms with E-state index in [1.54, 1.807) is 18.1 Å². The van der Waals surface area contributed by atoms with Gasteiger partial charge in [0.2, 0.25) is 5.91 Å². The first-order valence-corrected chi connectivity index (χ1v) is 6.06. The van der Waals surface area contributed by atoms with Crippen molar-refractivity contribution >= 4 is 23.2 Å². The number of hydrogen-bond donors (Lipinski definition) is 0. The van der Waals surface area contributed by atoms with E-state index in [1.165, 1.54) is 6.92 Å². The molecule has 18 heavy (non-hydrogen) atoms. The lowest BCUT2D eigenvalue weighted by Crippen LogP contribution is -2.32. The fourth-order valence-corrected chi connectivity index (χ4v) is 2.02. The third-order valence-electron chi connectivity index (χ3n) is 2.72. The monoisotopic (exact) mass is 267 g/mol. The number of nitrogens with zero attached hydrogens (tertiary/aromatic N) is 1. The number of benzene rings is 1. The number of hydrogen-bond acceptors (Lipinski definition) is 2. The second kappa shape index (κ2) is 6.57. The van der Waals surface area contributed by atoms with Crippen LogP contribution in [-0.2, 0) is 16.0 Å². The van der Waals surface area contributed by atoms with Gasteiger partial charge in [-0.25, -0.2) is 0 Å². The third-order valence-corrected chi connectivity index (χ3v) is 3.13. The quantitative estimate of drug-likeness (QED) is 0.605. The van der Waals surface area contributed by atoms with Gasteiger partial charge in [0.1, 0.15) is 6.73 Å². The van der Waals surface area contributed by atoms with Crippen LogP contribution in [0.1, 0.15) is 18.1 Å². The Morgan fingerprint density at radius 3 is 2.72 bits per heavy atom. The highest BCUT2D eigenvalue weighted by Gasteiger charge is 2.18. The van der Waals surface area contributed by atoms with Crippen LogP contribution >= 0.6 is 11.6 Å². The van der Waals surface area contributed by atoms with Gasteiger partial charge in [-0.1, -0.05) is 23.7 Å². The molecule has 1 aromatic rings. The summed E-state index contributed by atoms with van der Waals surface area (Å²) in [5, 5.41) is 0.639. The Labute approximate surface area is 113 Å². The maximum atomic E-state index is 11.7. The van der Waals surface area contributed by atoms with Crippen molar-refractivity contribution in [3.05, 3.63) is 40.9 Å². The lowest BCUT2D eigenvalue weighted by Gasteiger charge is -2.25. The van der Waals surface area contributed by atoms with E-state index in [0.29, 0.717) is 11.4 Å². The zero-order valence-corrected chi connectivity index (χ0v) is 11.8. The van der Waals surface area contributed by atoms with Gasteiger partial charge < -0.3 is 4.74 Å². The number of carbonyl (C=O) groups excluding carboxylic acids is 1. The van der Waals surface area contributed by atoms with E-state index in [4.69, 9.17) is 16.3 Å². The standard InChI is InChI=1S/C14H18ClNO2/c1-5-6-12-7-8-13(15)10(2)14(12)16(9-18-4)11(3)17/h5,7-8H,1,6,9H2,2-4H3. The summed E-state index contributed by atoms with van der Waals surface area (Å²) in [6.45, 7) is 7.35. The normalized spacial score (nSPS) is 10.2. The molecule has 0 fully saturated rings. The van der Waals surface area contributed by atoms with Crippen LogP contribution in [-0.4, -0.2) is 19.7 Å². The van der Waals surface area contributed by atoms with Crippen molar-refractivity contribution < 1.29 is 9.53 Å². The average Bonchev–Trinajstić information content (AvgIpc) is 2.32. The van der Waals surface area contributed by atoms with Gasteiger partial charge in [0, 0.05) is 19.1 Å². The minimum absolute atomic E-state index is 0.0764. The molecule has 0 spiro atoms. The number of carbonyl (C=O) groups is 1. The maximum Gasteiger partial charge on any atom is 0.225 e. The molecule has 0 saturated carbocycles. The molecule has 98 valence electrons. The summed E-state index contributed by atoms with van der Waals surface area (Å²) in [6, 6.07) is 3.75. The van der Waals surface area contributed by atoms with E-state index in [1.807, 2.05) is 19.1 Å². The van der Waals surface area contributed by atoms with Gasteiger partial charge in [0.15, 0.2) is 0 Å². The maximum absolute atomic E-state index is 11.7. The van der Waals surface area contributed by atoms with Gasteiger partial charge in [0.05, 0.1) is 5.69 Å². The Morgan fingerprint density at radius 2 is 2.22 bits per heavy atom. The lowest BCUT2D eigenvalue weighted by atomic mass is 10.0. The highest BCUT2D eigenvalue weighted by Crippen LogP contribution is 2.31. The molecule has 1 aromatic carbocycles. The first kappa shape index (κ1) is 14.7. The molecule has 4 heteroatoms. The van der Waals surface area contributed by atoms with Gasteiger partial charge in [-0.15, -0.1) is 6.58 Å². The number of allylic oxidation sites excluding steroid dienone is 1. The summed E-state index contributed by atoms with van der Waals surface area (Å²) in [4.78, 5) is 13.3. The Balaban J connectivity index is 3.36. The van der Waals surface area contributed by atoms with Crippen molar-refractivity contribution in [2.24, 2.45) is 0 Å². The Bertz CT molecular complexity index is 457. The van der Waals surface area contributed by atoms with E-state index in [0.717, 1.165) is 16.8 Å². The smallest absolute Gasteiger partial charge is 0.225 e. The Morgan fingerprint density at radius 1 is 1.56 bits per heavy atom. The summed E-state index contributed by atoms with van der Waals surface area (Å²) >= 11 is 6.13. The van der Waals surface area contributed by atoms with Gasteiger partial charge in [-0.2, -0.15) is 0 Å². The summed E-state index contributed by atoms with van der Waals surface area (Å²) in [5.41, 5.74) is 2.71. The number of ether oxygens (including phenoxy) is 1. The molecular weight excluding hydrogens is 250 g/mol. The molecule has 0 aliphatic rings. The topological polar surface area (TPSA) is 29.5 Å². The molecule has 3 nitrogen and oxygen atoms in total. The molecule has 1 amide bonds. The van der Waals surface area contributed by atoms with E-state index < -0.39 is 0 Å². The van der Waals surface area contributed by atoms with Crippen molar-refractivity contribution in [2.45, 2.75) is 20.3 Å². The largest absolute Gasteiger partial charge is 0.364 e. The molecule has 0 aliphatic carbocycles. The van der Waals surface area contributed by atoms with Crippen LogP contribution < -0.4 is 4.90 Å². The van der Waals surface area contributed by atoms with Gasteiger partial charge >= 0.3 is 0 Å². The third kappa shape index (κ3) is 3.12. The SMILES string of the molecule is C=CCc1ccc(Cl)c(C)c1N(COC)C(C)=O. The minimum atomic E-state index is -0.0764. The van der Waals surface area contributed by atoms with Gasteiger partial charge in [0.25, 0.3) is 0 Å². The van der Waals surface area contributed by atoms with Crippen LogP contribution in [0.2, 0.25) is 5.02 Å². The van der Waals surface area contributed by atoms with Crippen molar-refractivity contribution in [3.63, 3.8) is 0 Å². The fourth-order valence-electron chi connectivity index (χ4n) is 1.87. The minimum Gasteiger partial charge on any atom is -0.364 e. The predicted octanol–water partition coefficient (Wildman–Crippen LogP) is 3.33. The number of amides is 1. The number of anilines is 1. The Hall–Kier alpha value is -1.32. The van der Waals surface area contributed by atoms with Crippen molar-refractivity contribution in [1.82, 2.24) is 0 Å². The summed E-state index contributed by atoms with van der Waals surface area (Å²) in [6.07, 6.45) is 2.48. The molecular formula is C14H18ClNO2. The summed E-state index contributed by atoms with van der Waals surface area (Å²) < 4.78 is 5.08. The van der Waals surface area contributed by atoms with E-state index in [2.05, 4.69) is 6.58 Å². The molecule has 0 bridgehead atoms. The number of halogens is 1. The van der Waals surface area contributed by atoms with Crippen LogP contribution in [0.5, 0.6) is 0 Å². The number of methoxy groups -OCH3 is 1. The van der Waals surface area contributed by atoms with Crippen LogP contribution in [0, 0.1) is 6.92 Å². The van der Waals surface area contributed by atoms with Crippen molar-refractivity contribution in [3.8, 4) is 0 Å². The van der Waals surface area contributed by atoms with Gasteiger partial charge in [-0.3, -0.25) is 9.69 Å². The molecule has 0 atom stereocenters. The zero-order valence-electron chi connectivity index (χ0n) is 11.0. The molecule has 0 aliphatic heterocycles. The first-order valence-electron chi connectivity index (χ1n) is 5.68. The molecule has 0 radical (unpaired) electrons. The predicted molar refractivity (Wildman–Crippen MR) is 75.1 cm³/mol. The fraction of sp³-hybridized carbons (Fsp3) is 0.357. The number of rotatable bonds is 5. The molecule has 1 rings (SSSR count). The second-order valence-electron chi connectivity index (χ2n) is 4.04. The lowest BCUT2D eigenvalue weighted by molar-refractivity contribution is -0.117. The molecule has 0 unspecified atom stereocenters. The Kier molecular flexibility index (Phi) is 5.38. The van der Waals surface area contributed by atoms with Gasteiger partial charge in [-0.05, 0) is 30.5 Å². The highest BCUT2D eigenvalue weighted by molar-refractivity contribution is 6.31. The molecule has 0 saturated heterocycles. The molecule has 0 aromatic heterocycles. The van der Waals surface area contributed by atoms with E-state index in [-0.39, 0.29) is 12.6 Å². The zero-order chi connectivity index (χ0) is 13.7. The second-order valence-corrected chi connectivity index (χ2v) is 4.44. The highest BCUT2D eigenvalue weighted by atomic mass is 35.5. The van der Waals surface area contributed by atoms with E-state index >= 15 is 0 Å². The van der Waals surface area contributed by atoms with Crippen LogP contribution in [0.4, 0.5) is 5.69 Å². The van der Waals surface area contributed by atoms with E-state index in [9.17, 15) is 4.79 Å². The van der Waals surface area contributed by atoms with Crippen LogP contribution in [0.15, 0.2) is 24.8 Å².